The summed E-state index contributed by atoms with van der Waals surface area (Å²) in [6.45, 7) is 1.84. The second-order valence-electron chi connectivity index (χ2n) is 6.96. The molecule has 4 N–H and O–H groups in total. The Labute approximate surface area is 174 Å². The fourth-order valence-corrected chi connectivity index (χ4v) is 4.18. The molecule has 4 rings (SSSR count). The summed E-state index contributed by atoms with van der Waals surface area (Å²) in [6.07, 6.45) is 1.62. The molecule has 8 nitrogen and oxygen atoms in total. The Balaban J connectivity index is 1.77. The summed E-state index contributed by atoms with van der Waals surface area (Å²) in [5.74, 6) is 0.191. The molecule has 1 amide bonds. The third-order valence-corrected chi connectivity index (χ3v) is 5.94. The Morgan fingerprint density at radius 1 is 1.13 bits per heavy atom. The molecule has 0 bridgehead atoms. The number of anilines is 2. The van der Waals surface area contributed by atoms with Gasteiger partial charge in [0.15, 0.2) is 0 Å². The van der Waals surface area contributed by atoms with Crippen molar-refractivity contribution in [1.29, 1.82) is 0 Å². The number of sulfonamides is 1. The maximum Gasteiger partial charge on any atom is 0.252 e. The van der Waals surface area contributed by atoms with Gasteiger partial charge in [0.25, 0.3) is 5.91 Å². The van der Waals surface area contributed by atoms with Crippen molar-refractivity contribution in [3.05, 3.63) is 77.0 Å². The van der Waals surface area contributed by atoms with E-state index in [0.29, 0.717) is 28.4 Å². The molecule has 2 heterocycles. The molecule has 30 heavy (non-hydrogen) atoms. The van der Waals surface area contributed by atoms with Crippen LogP contribution in [0.5, 0.6) is 5.88 Å². The number of hydrogen-bond acceptors (Lipinski definition) is 6. The number of primary sulfonamides is 1. The number of nitrogens with one attached hydrogen (secondary N) is 2. The van der Waals surface area contributed by atoms with Crippen LogP contribution >= 0.6 is 0 Å². The molecule has 154 valence electrons. The van der Waals surface area contributed by atoms with Crippen molar-refractivity contribution in [3.63, 3.8) is 0 Å². The number of fused-ring (bicyclic) bond motifs is 1. The van der Waals surface area contributed by atoms with Crippen LogP contribution in [0.15, 0.2) is 59.6 Å². The van der Waals surface area contributed by atoms with Crippen molar-refractivity contribution in [3.8, 4) is 5.88 Å². The lowest BCUT2D eigenvalue weighted by Gasteiger charge is -2.17. The van der Waals surface area contributed by atoms with Crippen molar-refractivity contribution in [1.82, 2.24) is 10.3 Å². The summed E-state index contributed by atoms with van der Waals surface area (Å²) in [5, 5.41) is 11.5. The van der Waals surface area contributed by atoms with Gasteiger partial charge in [-0.25, -0.2) is 18.5 Å². The van der Waals surface area contributed by atoms with E-state index in [1.807, 2.05) is 19.1 Å². The summed E-state index contributed by atoms with van der Waals surface area (Å²) in [5.41, 5.74) is 3.73. The van der Waals surface area contributed by atoms with Crippen LogP contribution in [-0.2, 0) is 10.0 Å². The number of ether oxygens (including phenoxy) is 1. The fraction of sp³-hybridized carbons (Fsp3) is 0.143. The molecule has 1 aliphatic heterocycles. The number of nitrogens with zero attached hydrogens (tertiary/aromatic N) is 1. The molecule has 2 aromatic carbocycles. The molecular weight excluding hydrogens is 404 g/mol. The SMILES string of the molecule is COc1cc(Nc2ccc(C3NC(=O)c4ccccc43)cc2S(N)(=O)=O)c(C)cn1. The van der Waals surface area contributed by atoms with E-state index >= 15 is 0 Å². The van der Waals surface area contributed by atoms with Crippen LogP contribution in [0.1, 0.15) is 33.1 Å². The first kappa shape index (κ1) is 19.9. The summed E-state index contributed by atoms with van der Waals surface area (Å²) in [4.78, 5) is 16.3. The highest BCUT2D eigenvalue weighted by Crippen LogP contribution is 2.35. The van der Waals surface area contributed by atoms with Gasteiger partial charge >= 0.3 is 0 Å². The number of nitrogens with two attached hydrogens (primary N) is 1. The van der Waals surface area contributed by atoms with Crippen molar-refractivity contribution >= 4 is 27.3 Å². The van der Waals surface area contributed by atoms with Crippen molar-refractivity contribution in [2.75, 3.05) is 12.4 Å². The summed E-state index contributed by atoms with van der Waals surface area (Å²) < 4.78 is 29.8. The van der Waals surface area contributed by atoms with E-state index in [0.717, 1.165) is 11.1 Å². The normalized spacial score (nSPS) is 15.4. The molecule has 0 fully saturated rings. The maximum atomic E-state index is 12.3. The van der Waals surface area contributed by atoms with E-state index < -0.39 is 16.1 Å². The van der Waals surface area contributed by atoms with E-state index in [4.69, 9.17) is 9.88 Å². The highest BCUT2D eigenvalue weighted by molar-refractivity contribution is 7.89. The zero-order valence-electron chi connectivity index (χ0n) is 16.3. The van der Waals surface area contributed by atoms with E-state index in [2.05, 4.69) is 15.6 Å². The van der Waals surface area contributed by atoms with Crippen LogP contribution < -0.4 is 20.5 Å². The van der Waals surface area contributed by atoms with Crippen LogP contribution in [0.4, 0.5) is 11.4 Å². The molecule has 1 aromatic heterocycles. The van der Waals surface area contributed by atoms with Crippen LogP contribution in [0.3, 0.4) is 0 Å². The monoisotopic (exact) mass is 424 g/mol. The minimum absolute atomic E-state index is 0.0752. The quantitative estimate of drug-likeness (QED) is 0.578. The van der Waals surface area contributed by atoms with E-state index in [9.17, 15) is 13.2 Å². The minimum atomic E-state index is -4.05. The van der Waals surface area contributed by atoms with Crippen LogP contribution in [0.25, 0.3) is 0 Å². The van der Waals surface area contributed by atoms with Gasteiger partial charge in [-0.2, -0.15) is 0 Å². The third-order valence-electron chi connectivity index (χ3n) is 4.99. The van der Waals surface area contributed by atoms with Crippen molar-refractivity contribution in [2.24, 2.45) is 5.14 Å². The molecule has 0 radical (unpaired) electrons. The zero-order valence-corrected chi connectivity index (χ0v) is 17.2. The zero-order chi connectivity index (χ0) is 21.5. The topological polar surface area (TPSA) is 123 Å². The van der Waals surface area contributed by atoms with E-state index in [1.54, 1.807) is 36.5 Å². The third kappa shape index (κ3) is 3.60. The number of pyridine rings is 1. The number of rotatable bonds is 5. The Hall–Kier alpha value is -3.43. The Bertz CT molecular complexity index is 1260. The van der Waals surface area contributed by atoms with Crippen LogP contribution in [-0.4, -0.2) is 26.4 Å². The number of methoxy groups -OCH3 is 1. The predicted octanol–water partition coefficient (Wildman–Crippen LogP) is 2.62. The Morgan fingerprint density at radius 3 is 2.63 bits per heavy atom. The van der Waals surface area contributed by atoms with Gasteiger partial charge in [-0.1, -0.05) is 24.3 Å². The van der Waals surface area contributed by atoms with E-state index in [1.165, 1.54) is 13.2 Å². The van der Waals surface area contributed by atoms with E-state index in [-0.39, 0.29) is 10.8 Å². The van der Waals surface area contributed by atoms with Crippen molar-refractivity contribution < 1.29 is 17.9 Å². The number of hydrogen-bond donors (Lipinski definition) is 3. The van der Waals surface area contributed by atoms with Crippen LogP contribution in [0, 0.1) is 6.92 Å². The lowest BCUT2D eigenvalue weighted by Crippen LogP contribution is -2.21. The number of aryl methyl sites for hydroxylation is 1. The molecule has 0 aliphatic carbocycles. The number of carbonyl (C=O) groups is 1. The second kappa shape index (κ2) is 7.43. The summed E-state index contributed by atoms with van der Waals surface area (Å²) >= 11 is 0. The first-order valence-electron chi connectivity index (χ1n) is 9.12. The number of carbonyl (C=O) groups excluding carboxylic acids is 1. The predicted molar refractivity (Wildman–Crippen MR) is 112 cm³/mol. The summed E-state index contributed by atoms with van der Waals surface area (Å²) in [6, 6.07) is 13.3. The molecule has 0 saturated heterocycles. The highest BCUT2D eigenvalue weighted by atomic mass is 32.2. The molecular formula is C21H20N4O4S. The average Bonchev–Trinajstić information content (AvgIpc) is 3.06. The van der Waals surface area contributed by atoms with Gasteiger partial charge in [0, 0.05) is 23.5 Å². The second-order valence-corrected chi connectivity index (χ2v) is 8.49. The van der Waals surface area contributed by atoms with Gasteiger partial charge in [0.1, 0.15) is 4.90 Å². The number of benzene rings is 2. The standard InChI is InChI=1S/C21H20N4O4S/c1-12-11-23-19(29-2)10-17(12)24-16-8-7-13(9-18(16)30(22,27)28)20-14-5-3-4-6-15(14)21(26)25-20/h3-11,20H,1-2H3,(H,23,24)(H,25,26)(H2,22,27,28). The minimum Gasteiger partial charge on any atom is -0.481 e. The maximum absolute atomic E-state index is 12.3. The highest BCUT2D eigenvalue weighted by Gasteiger charge is 2.30. The summed E-state index contributed by atoms with van der Waals surface area (Å²) in [7, 11) is -2.55. The van der Waals surface area contributed by atoms with Gasteiger partial charge in [0.05, 0.1) is 18.8 Å². The Morgan fingerprint density at radius 2 is 1.90 bits per heavy atom. The Kier molecular flexibility index (Phi) is 4.92. The lowest BCUT2D eigenvalue weighted by molar-refractivity contribution is 0.0960. The van der Waals surface area contributed by atoms with Crippen LogP contribution in [0.2, 0.25) is 0 Å². The van der Waals surface area contributed by atoms with Gasteiger partial charge in [0.2, 0.25) is 15.9 Å². The molecule has 1 aliphatic rings. The fourth-order valence-electron chi connectivity index (χ4n) is 3.46. The molecule has 0 spiro atoms. The molecule has 0 saturated carbocycles. The van der Waals surface area contributed by atoms with Gasteiger partial charge in [-0.3, -0.25) is 4.79 Å². The molecule has 3 aromatic rings. The lowest BCUT2D eigenvalue weighted by atomic mass is 9.98. The van der Waals surface area contributed by atoms with Crippen molar-refractivity contribution in [2.45, 2.75) is 17.9 Å². The first-order valence-corrected chi connectivity index (χ1v) is 10.7. The molecule has 1 unspecified atom stereocenters. The van der Waals surface area contributed by atoms with Gasteiger partial charge < -0.3 is 15.4 Å². The molecule has 1 atom stereocenters. The number of aromatic nitrogens is 1. The number of amides is 1. The largest absolute Gasteiger partial charge is 0.481 e. The molecule has 9 heteroatoms. The first-order chi connectivity index (χ1) is 14.3. The van der Waals surface area contributed by atoms with Gasteiger partial charge in [-0.05, 0) is 41.8 Å². The smallest absolute Gasteiger partial charge is 0.252 e. The average molecular weight is 424 g/mol. The van der Waals surface area contributed by atoms with Gasteiger partial charge in [-0.15, -0.1) is 0 Å².